The van der Waals surface area contributed by atoms with Gasteiger partial charge in [-0.25, -0.2) is 0 Å². The second-order valence-corrected chi connectivity index (χ2v) is 4.72. The fourth-order valence-electron chi connectivity index (χ4n) is 2.28. The maximum Gasteiger partial charge on any atom is 0.306 e. The Kier molecular flexibility index (Phi) is 3.64. The standard InChI is InChI=1S/C12H16N2O4/c1-7-4-10(14-18-7)6-11(15)13-9-3-2-8(5-9)12(16)17/h4,8-9H,2-3,5-6H2,1H3,(H,13,15)(H,16,17)/t8-,9+/m0/s1. The molecule has 18 heavy (non-hydrogen) atoms. The minimum atomic E-state index is -0.779. The van der Waals surface area contributed by atoms with Crippen LogP contribution < -0.4 is 5.32 Å². The zero-order valence-electron chi connectivity index (χ0n) is 10.2. The number of amides is 1. The van der Waals surface area contributed by atoms with Crippen LogP contribution in [0.15, 0.2) is 10.6 Å². The molecule has 1 heterocycles. The highest BCUT2D eigenvalue weighted by Gasteiger charge is 2.30. The number of nitrogens with zero attached hydrogens (tertiary/aromatic N) is 1. The molecule has 6 nitrogen and oxygen atoms in total. The van der Waals surface area contributed by atoms with E-state index in [2.05, 4.69) is 10.5 Å². The van der Waals surface area contributed by atoms with Crippen LogP contribution in [0.5, 0.6) is 0 Å². The Morgan fingerprint density at radius 3 is 2.89 bits per heavy atom. The Morgan fingerprint density at radius 2 is 2.33 bits per heavy atom. The molecule has 0 aliphatic heterocycles. The lowest BCUT2D eigenvalue weighted by Crippen LogP contribution is -2.34. The van der Waals surface area contributed by atoms with Gasteiger partial charge in [-0.3, -0.25) is 9.59 Å². The van der Waals surface area contributed by atoms with Crippen molar-refractivity contribution < 1.29 is 19.2 Å². The molecule has 0 saturated heterocycles. The smallest absolute Gasteiger partial charge is 0.306 e. The largest absolute Gasteiger partial charge is 0.481 e. The van der Waals surface area contributed by atoms with Crippen molar-refractivity contribution in [3.8, 4) is 0 Å². The van der Waals surface area contributed by atoms with Crippen molar-refractivity contribution in [2.45, 2.75) is 38.6 Å². The Hall–Kier alpha value is -1.85. The van der Waals surface area contributed by atoms with E-state index in [0.29, 0.717) is 24.3 Å². The van der Waals surface area contributed by atoms with Gasteiger partial charge in [-0.1, -0.05) is 5.16 Å². The lowest BCUT2D eigenvalue weighted by Gasteiger charge is -2.11. The number of carboxylic acid groups (broad SMARTS) is 1. The first-order chi connectivity index (χ1) is 8.54. The van der Waals surface area contributed by atoms with Gasteiger partial charge in [0.2, 0.25) is 5.91 Å². The first-order valence-electron chi connectivity index (χ1n) is 5.99. The number of nitrogens with one attached hydrogen (secondary N) is 1. The minimum Gasteiger partial charge on any atom is -0.481 e. The van der Waals surface area contributed by atoms with Crippen LogP contribution in [0.2, 0.25) is 0 Å². The SMILES string of the molecule is Cc1cc(CC(=O)N[C@@H]2CC[C@H](C(=O)O)C2)no1. The number of aliphatic carboxylic acids is 1. The van der Waals surface area contributed by atoms with Gasteiger partial charge in [0, 0.05) is 12.1 Å². The van der Waals surface area contributed by atoms with E-state index in [1.165, 1.54) is 0 Å². The molecule has 2 atom stereocenters. The number of carbonyl (C=O) groups is 2. The molecule has 0 radical (unpaired) electrons. The van der Waals surface area contributed by atoms with Gasteiger partial charge < -0.3 is 14.9 Å². The maximum atomic E-state index is 11.7. The molecule has 0 bridgehead atoms. The molecular weight excluding hydrogens is 236 g/mol. The molecule has 1 aliphatic rings. The van der Waals surface area contributed by atoms with Gasteiger partial charge in [0.15, 0.2) is 0 Å². The Labute approximate surface area is 104 Å². The Balaban J connectivity index is 1.80. The lowest BCUT2D eigenvalue weighted by atomic mass is 10.1. The second kappa shape index (κ2) is 5.20. The third-order valence-electron chi connectivity index (χ3n) is 3.17. The number of aromatic nitrogens is 1. The van der Waals surface area contributed by atoms with Crippen molar-refractivity contribution >= 4 is 11.9 Å². The number of hydrogen-bond acceptors (Lipinski definition) is 4. The van der Waals surface area contributed by atoms with Crippen LogP contribution in [-0.4, -0.2) is 28.2 Å². The maximum absolute atomic E-state index is 11.7. The third kappa shape index (κ3) is 3.09. The summed E-state index contributed by atoms with van der Waals surface area (Å²) in [6.07, 6.45) is 2.04. The van der Waals surface area contributed by atoms with Crippen LogP contribution in [0.4, 0.5) is 0 Å². The van der Waals surface area contributed by atoms with Gasteiger partial charge in [0.1, 0.15) is 5.76 Å². The first kappa shape index (κ1) is 12.6. The van der Waals surface area contributed by atoms with E-state index in [0.717, 1.165) is 6.42 Å². The van der Waals surface area contributed by atoms with Crippen LogP contribution in [0.1, 0.15) is 30.7 Å². The zero-order valence-corrected chi connectivity index (χ0v) is 10.2. The zero-order chi connectivity index (χ0) is 13.1. The van der Waals surface area contributed by atoms with Crippen molar-refractivity contribution in [3.63, 3.8) is 0 Å². The fraction of sp³-hybridized carbons (Fsp3) is 0.583. The van der Waals surface area contributed by atoms with Crippen LogP contribution >= 0.6 is 0 Å². The molecule has 1 saturated carbocycles. The van der Waals surface area contributed by atoms with E-state index in [1.54, 1.807) is 13.0 Å². The minimum absolute atomic E-state index is 0.0356. The van der Waals surface area contributed by atoms with Gasteiger partial charge in [-0.15, -0.1) is 0 Å². The average molecular weight is 252 g/mol. The summed E-state index contributed by atoms with van der Waals surface area (Å²) < 4.78 is 4.88. The van der Waals surface area contributed by atoms with E-state index in [1.807, 2.05) is 0 Å². The number of rotatable bonds is 4. The summed E-state index contributed by atoms with van der Waals surface area (Å²) >= 11 is 0. The predicted octanol–water partition coefficient (Wildman–Crippen LogP) is 0.895. The van der Waals surface area contributed by atoms with Crippen molar-refractivity contribution in [1.29, 1.82) is 0 Å². The number of hydrogen-bond donors (Lipinski definition) is 2. The van der Waals surface area contributed by atoms with E-state index in [-0.39, 0.29) is 24.3 Å². The highest BCUT2D eigenvalue weighted by molar-refractivity contribution is 5.78. The Bertz CT molecular complexity index is 455. The molecule has 1 aromatic rings. The molecule has 0 spiro atoms. The first-order valence-corrected chi connectivity index (χ1v) is 5.99. The molecule has 2 rings (SSSR count). The summed E-state index contributed by atoms with van der Waals surface area (Å²) in [5, 5.41) is 15.4. The summed E-state index contributed by atoms with van der Waals surface area (Å²) in [6.45, 7) is 1.77. The Morgan fingerprint density at radius 1 is 1.56 bits per heavy atom. The van der Waals surface area contributed by atoms with Crippen molar-refractivity contribution in [2.24, 2.45) is 5.92 Å². The summed E-state index contributed by atoms with van der Waals surface area (Å²) in [5.74, 6) is -0.576. The lowest BCUT2D eigenvalue weighted by molar-refractivity contribution is -0.141. The molecule has 6 heteroatoms. The van der Waals surface area contributed by atoms with Crippen LogP contribution in [0, 0.1) is 12.8 Å². The molecule has 98 valence electrons. The molecule has 1 aliphatic carbocycles. The predicted molar refractivity (Wildman–Crippen MR) is 61.9 cm³/mol. The summed E-state index contributed by atoms with van der Waals surface area (Å²) in [5.41, 5.74) is 0.595. The molecular formula is C12H16N2O4. The van der Waals surface area contributed by atoms with E-state index in [9.17, 15) is 9.59 Å². The molecule has 1 aromatic heterocycles. The van der Waals surface area contributed by atoms with Gasteiger partial charge in [-0.05, 0) is 26.2 Å². The van der Waals surface area contributed by atoms with Crippen LogP contribution in [0.3, 0.4) is 0 Å². The molecule has 1 amide bonds. The van der Waals surface area contributed by atoms with Gasteiger partial charge in [-0.2, -0.15) is 0 Å². The van der Waals surface area contributed by atoms with Crippen molar-refractivity contribution in [3.05, 3.63) is 17.5 Å². The van der Waals surface area contributed by atoms with Gasteiger partial charge in [0.25, 0.3) is 0 Å². The number of aryl methyl sites for hydroxylation is 1. The van der Waals surface area contributed by atoms with E-state index in [4.69, 9.17) is 9.63 Å². The normalized spacial score (nSPS) is 22.9. The highest BCUT2D eigenvalue weighted by Crippen LogP contribution is 2.25. The highest BCUT2D eigenvalue weighted by atomic mass is 16.5. The van der Waals surface area contributed by atoms with Crippen molar-refractivity contribution in [2.75, 3.05) is 0 Å². The topological polar surface area (TPSA) is 92.4 Å². The van der Waals surface area contributed by atoms with Crippen LogP contribution in [0.25, 0.3) is 0 Å². The number of carbonyl (C=O) groups excluding carboxylic acids is 1. The van der Waals surface area contributed by atoms with E-state index < -0.39 is 5.97 Å². The van der Waals surface area contributed by atoms with Gasteiger partial charge >= 0.3 is 5.97 Å². The average Bonchev–Trinajstić information content (AvgIpc) is 2.88. The summed E-state index contributed by atoms with van der Waals surface area (Å²) in [7, 11) is 0. The molecule has 1 fully saturated rings. The number of carboxylic acids is 1. The molecule has 2 N–H and O–H groups in total. The van der Waals surface area contributed by atoms with Gasteiger partial charge in [0.05, 0.1) is 18.0 Å². The fourth-order valence-corrected chi connectivity index (χ4v) is 2.28. The van der Waals surface area contributed by atoms with Crippen molar-refractivity contribution in [1.82, 2.24) is 10.5 Å². The quantitative estimate of drug-likeness (QED) is 0.830. The molecule has 0 aromatic carbocycles. The summed E-state index contributed by atoms with van der Waals surface area (Å²) in [4.78, 5) is 22.5. The van der Waals surface area contributed by atoms with E-state index >= 15 is 0 Å². The van der Waals surface area contributed by atoms with Crippen LogP contribution in [-0.2, 0) is 16.0 Å². The molecule has 0 unspecified atom stereocenters. The monoisotopic (exact) mass is 252 g/mol. The summed E-state index contributed by atoms with van der Waals surface area (Å²) in [6, 6.07) is 1.68. The second-order valence-electron chi connectivity index (χ2n) is 4.72. The third-order valence-corrected chi connectivity index (χ3v) is 3.17.